The lowest BCUT2D eigenvalue weighted by Gasteiger charge is -2.57. The molecule has 1 aromatic carbocycles. The van der Waals surface area contributed by atoms with Crippen LogP contribution >= 0.6 is 0 Å². The molecule has 1 aliphatic heterocycles. The summed E-state index contributed by atoms with van der Waals surface area (Å²) in [4.78, 5) is 13.4. The Morgan fingerprint density at radius 3 is 3.05 bits per heavy atom. The van der Waals surface area contributed by atoms with Crippen LogP contribution in [0.4, 0.5) is 5.69 Å². The summed E-state index contributed by atoms with van der Waals surface area (Å²) in [6, 6.07) is 6.11. The van der Waals surface area contributed by atoms with Crippen molar-refractivity contribution in [3.8, 4) is 0 Å². The highest BCUT2D eigenvalue weighted by Crippen LogP contribution is 2.54. The molecule has 1 fully saturated rings. The first-order valence-corrected chi connectivity index (χ1v) is 7.75. The molecule has 1 aromatic rings. The maximum absolute atomic E-state index is 11.2. The molecule has 0 N–H and O–H groups in total. The second kappa shape index (κ2) is 4.41. The van der Waals surface area contributed by atoms with Crippen molar-refractivity contribution in [2.45, 2.75) is 37.1 Å². The number of rotatable bonds is 1. The SMILES string of the molecule is CN1CC[C@@]23CC=CC[C@@H]2[C@@H]1Cc1ccc([N+](=O)[O-])cc13. The van der Waals surface area contributed by atoms with Crippen molar-refractivity contribution in [3.05, 3.63) is 51.6 Å². The first-order chi connectivity index (χ1) is 10.1. The molecule has 4 rings (SSSR count). The fourth-order valence-corrected chi connectivity index (χ4v) is 4.86. The highest BCUT2D eigenvalue weighted by molar-refractivity contribution is 5.48. The predicted octanol–water partition coefficient (Wildman–Crippen LogP) is 3.06. The van der Waals surface area contributed by atoms with Gasteiger partial charge in [0.25, 0.3) is 5.69 Å². The van der Waals surface area contributed by atoms with Crippen LogP contribution in [0, 0.1) is 16.0 Å². The van der Waals surface area contributed by atoms with Crippen molar-refractivity contribution < 1.29 is 4.92 Å². The van der Waals surface area contributed by atoms with Gasteiger partial charge in [-0.1, -0.05) is 18.2 Å². The number of nitro benzene ring substituents is 1. The number of benzene rings is 1. The number of nitrogens with zero attached hydrogens (tertiary/aromatic N) is 2. The summed E-state index contributed by atoms with van der Waals surface area (Å²) in [5.41, 5.74) is 2.96. The van der Waals surface area contributed by atoms with Crippen LogP contribution in [0.3, 0.4) is 0 Å². The molecule has 1 saturated heterocycles. The summed E-state index contributed by atoms with van der Waals surface area (Å²) in [5, 5.41) is 11.2. The van der Waals surface area contributed by atoms with Gasteiger partial charge < -0.3 is 4.90 Å². The van der Waals surface area contributed by atoms with Gasteiger partial charge in [-0.2, -0.15) is 0 Å². The fraction of sp³-hybridized carbons (Fsp3) is 0.529. The van der Waals surface area contributed by atoms with Gasteiger partial charge in [0.2, 0.25) is 0 Å². The molecule has 2 bridgehead atoms. The van der Waals surface area contributed by atoms with Gasteiger partial charge in [-0.25, -0.2) is 0 Å². The number of non-ortho nitro benzene ring substituents is 1. The van der Waals surface area contributed by atoms with Crippen LogP contribution in [-0.2, 0) is 11.8 Å². The first-order valence-electron chi connectivity index (χ1n) is 7.75. The minimum absolute atomic E-state index is 0.130. The molecule has 1 heterocycles. The zero-order chi connectivity index (χ0) is 14.6. The largest absolute Gasteiger partial charge is 0.303 e. The van der Waals surface area contributed by atoms with Gasteiger partial charge in [-0.3, -0.25) is 10.1 Å². The van der Waals surface area contributed by atoms with E-state index >= 15 is 0 Å². The van der Waals surface area contributed by atoms with Crippen molar-refractivity contribution in [3.63, 3.8) is 0 Å². The Morgan fingerprint density at radius 2 is 2.24 bits per heavy atom. The molecule has 4 nitrogen and oxygen atoms in total. The van der Waals surface area contributed by atoms with Crippen LogP contribution in [0.1, 0.15) is 30.4 Å². The highest BCUT2D eigenvalue weighted by atomic mass is 16.6. The molecule has 0 spiro atoms. The summed E-state index contributed by atoms with van der Waals surface area (Å²) in [5.74, 6) is 0.607. The Kier molecular flexibility index (Phi) is 2.73. The summed E-state index contributed by atoms with van der Waals surface area (Å²) < 4.78 is 0. The molecule has 110 valence electrons. The number of hydrogen-bond acceptors (Lipinski definition) is 3. The number of allylic oxidation sites excluding steroid dienone is 2. The number of nitro groups is 1. The summed E-state index contributed by atoms with van der Waals surface area (Å²) >= 11 is 0. The van der Waals surface area contributed by atoms with Gasteiger partial charge in [0, 0.05) is 23.6 Å². The lowest BCUT2D eigenvalue weighted by Crippen LogP contribution is -2.59. The molecule has 2 aliphatic carbocycles. The second-order valence-electron chi connectivity index (χ2n) is 6.77. The molecule has 0 saturated carbocycles. The number of fused-ring (bicyclic) bond motifs is 1. The van der Waals surface area contributed by atoms with E-state index in [-0.39, 0.29) is 16.0 Å². The number of hydrogen-bond donors (Lipinski definition) is 0. The molecule has 21 heavy (non-hydrogen) atoms. The van der Waals surface area contributed by atoms with E-state index in [9.17, 15) is 10.1 Å². The van der Waals surface area contributed by atoms with Crippen LogP contribution in [-0.4, -0.2) is 29.5 Å². The number of likely N-dealkylation sites (N-methyl/N-ethyl adjacent to an activating group) is 1. The van der Waals surface area contributed by atoms with E-state index in [2.05, 4.69) is 24.1 Å². The monoisotopic (exact) mass is 284 g/mol. The van der Waals surface area contributed by atoms with E-state index < -0.39 is 0 Å². The standard InChI is InChI=1S/C17H20N2O2/c1-18-9-8-17-7-3-2-4-14(17)16(18)10-12-5-6-13(19(20)21)11-15(12)17/h2-3,5-6,11,14,16H,4,7-10H2,1H3/t14-,16+,17+/m1/s1. The van der Waals surface area contributed by atoms with E-state index in [0.29, 0.717) is 12.0 Å². The molecular weight excluding hydrogens is 264 g/mol. The van der Waals surface area contributed by atoms with Gasteiger partial charge in [0.05, 0.1) is 4.92 Å². The van der Waals surface area contributed by atoms with Gasteiger partial charge in [0.1, 0.15) is 0 Å². The normalized spacial score (nSPS) is 34.1. The molecule has 0 radical (unpaired) electrons. The summed E-state index contributed by atoms with van der Waals surface area (Å²) in [7, 11) is 2.23. The number of likely N-dealkylation sites (tertiary alicyclic amines) is 1. The van der Waals surface area contributed by atoms with E-state index in [1.165, 1.54) is 11.1 Å². The van der Waals surface area contributed by atoms with Gasteiger partial charge in [-0.05, 0) is 56.3 Å². The maximum Gasteiger partial charge on any atom is 0.269 e. The van der Waals surface area contributed by atoms with Crippen molar-refractivity contribution in [1.82, 2.24) is 4.90 Å². The third-order valence-electron chi connectivity index (χ3n) is 5.96. The Balaban J connectivity index is 1.91. The van der Waals surface area contributed by atoms with Crippen molar-refractivity contribution in [2.24, 2.45) is 5.92 Å². The maximum atomic E-state index is 11.2. The average molecular weight is 284 g/mol. The third kappa shape index (κ3) is 1.72. The summed E-state index contributed by atoms with van der Waals surface area (Å²) in [6.07, 6.45) is 8.88. The third-order valence-corrected chi connectivity index (χ3v) is 5.96. The van der Waals surface area contributed by atoms with E-state index in [0.717, 1.165) is 32.2 Å². The lowest BCUT2D eigenvalue weighted by atomic mass is 9.54. The fourth-order valence-electron chi connectivity index (χ4n) is 4.86. The Bertz CT molecular complexity index is 640. The van der Waals surface area contributed by atoms with Crippen molar-refractivity contribution in [1.29, 1.82) is 0 Å². The first kappa shape index (κ1) is 13.0. The Labute approximate surface area is 124 Å². The van der Waals surface area contributed by atoms with Gasteiger partial charge >= 0.3 is 0 Å². The van der Waals surface area contributed by atoms with E-state index in [1.807, 2.05) is 12.1 Å². The molecule has 0 amide bonds. The van der Waals surface area contributed by atoms with Crippen molar-refractivity contribution in [2.75, 3.05) is 13.6 Å². The minimum atomic E-state index is -0.258. The smallest absolute Gasteiger partial charge is 0.269 e. The van der Waals surface area contributed by atoms with E-state index in [1.54, 1.807) is 6.07 Å². The molecule has 3 aliphatic rings. The van der Waals surface area contributed by atoms with E-state index in [4.69, 9.17) is 0 Å². The quantitative estimate of drug-likeness (QED) is 0.452. The Hall–Kier alpha value is -1.68. The van der Waals surface area contributed by atoms with Crippen LogP contribution < -0.4 is 0 Å². The molecular formula is C17H20N2O2. The van der Waals surface area contributed by atoms with Crippen LogP contribution in [0.2, 0.25) is 0 Å². The molecule has 0 unspecified atom stereocenters. The van der Waals surface area contributed by atoms with Gasteiger partial charge in [0.15, 0.2) is 0 Å². The molecule has 4 heteroatoms. The Morgan fingerprint density at radius 1 is 1.38 bits per heavy atom. The predicted molar refractivity (Wildman–Crippen MR) is 81.4 cm³/mol. The van der Waals surface area contributed by atoms with Crippen LogP contribution in [0.5, 0.6) is 0 Å². The zero-order valence-corrected chi connectivity index (χ0v) is 12.3. The highest BCUT2D eigenvalue weighted by Gasteiger charge is 2.52. The zero-order valence-electron chi connectivity index (χ0n) is 12.3. The summed E-state index contributed by atoms with van der Waals surface area (Å²) in [6.45, 7) is 1.09. The topological polar surface area (TPSA) is 46.4 Å². The van der Waals surface area contributed by atoms with Gasteiger partial charge in [-0.15, -0.1) is 0 Å². The second-order valence-corrected chi connectivity index (χ2v) is 6.77. The molecule has 3 atom stereocenters. The average Bonchev–Trinajstić information content (AvgIpc) is 2.50. The minimum Gasteiger partial charge on any atom is -0.303 e. The van der Waals surface area contributed by atoms with Crippen molar-refractivity contribution >= 4 is 5.69 Å². The lowest BCUT2D eigenvalue weighted by molar-refractivity contribution is -0.385. The van der Waals surface area contributed by atoms with Crippen LogP contribution in [0.25, 0.3) is 0 Å². The van der Waals surface area contributed by atoms with Crippen LogP contribution in [0.15, 0.2) is 30.4 Å². The number of piperidine rings is 1. The molecule has 0 aromatic heterocycles.